The lowest BCUT2D eigenvalue weighted by Crippen LogP contribution is -2.26. The molecule has 0 fully saturated rings. The molecule has 0 rings (SSSR count). The van der Waals surface area contributed by atoms with Crippen molar-refractivity contribution in [3.8, 4) is 0 Å². The van der Waals surface area contributed by atoms with Gasteiger partial charge in [0, 0.05) is 26.9 Å². The minimum absolute atomic E-state index is 0.0366. The SMILES string of the molecule is CC(=O)NCCCNCCCCNCCCNC(C)=O. The first-order valence-electron chi connectivity index (χ1n) is 7.53. The third-order valence-electron chi connectivity index (χ3n) is 2.77. The van der Waals surface area contributed by atoms with Crippen LogP contribution in [0.2, 0.25) is 0 Å². The summed E-state index contributed by atoms with van der Waals surface area (Å²) in [5.41, 5.74) is 0. The van der Waals surface area contributed by atoms with Crippen molar-refractivity contribution in [2.24, 2.45) is 0 Å². The van der Waals surface area contributed by atoms with Gasteiger partial charge in [-0.05, 0) is 51.9 Å². The summed E-state index contributed by atoms with van der Waals surface area (Å²) >= 11 is 0. The maximum atomic E-state index is 10.6. The van der Waals surface area contributed by atoms with Crippen LogP contribution in [0.15, 0.2) is 0 Å². The van der Waals surface area contributed by atoms with Crippen molar-refractivity contribution in [3.63, 3.8) is 0 Å². The van der Waals surface area contributed by atoms with Crippen molar-refractivity contribution in [2.75, 3.05) is 39.3 Å². The van der Waals surface area contributed by atoms with E-state index in [0.717, 1.165) is 65.0 Å². The molecular formula is C14H30N4O2. The monoisotopic (exact) mass is 286 g/mol. The third-order valence-corrected chi connectivity index (χ3v) is 2.77. The summed E-state index contributed by atoms with van der Waals surface area (Å²) in [4.78, 5) is 21.2. The third kappa shape index (κ3) is 16.9. The van der Waals surface area contributed by atoms with Crippen LogP contribution in [0.1, 0.15) is 39.5 Å². The molecule has 0 aliphatic heterocycles. The predicted molar refractivity (Wildman–Crippen MR) is 81.6 cm³/mol. The molecule has 0 radical (unpaired) electrons. The molecule has 0 aliphatic rings. The van der Waals surface area contributed by atoms with Crippen molar-refractivity contribution in [2.45, 2.75) is 39.5 Å². The lowest BCUT2D eigenvalue weighted by molar-refractivity contribution is -0.119. The molecule has 0 spiro atoms. The largest absolute Gasteiger partial charge is 0.356 e. The number of hydrogen-bond donors (Lipinski definition) is 4. The lowest BCUT2D eigenvalue weighted by atomic mass is 10.3. The second kappa shape index (κ2) is 14.3. The molecule has 6 heteroatoms. The average molecular weight is 286 g/mol. The summed E-state index contributed by atoms with van der Waals surface area (Å²) in [6.07, 6.45) is 4.25. The van der Waals surface area contributed by atoms with Gasteiger partial charge in [-0.3, -0.25) is 9.59 Å². The predicted octanol–water partition coefficient (Wildman–Crippen LogP) is -0.00180. The molecule has 2 amide bonds. The van der Waals surface area contributed by atoms with Crippen molar-refractivity contribution >= 4 is 11.8 Å². The van der Waals surface area contributed by atoms with Crippen LogP contribution in [0.5, 0.6) is 0 Å². The van der Waals surface area contributed by atoms with Crippen LogP contribution in [-0.4, -0.2) is 51.1 Å². The van der Waals surface area contributed by atoms with E-state index in [1.807, 2.05) is 0 Å². The van der Waals surface area contributed by atoms with Gasteiger partial charge in [0.05, 0.1) is 0 Å². The van der Waals surface area contributed by atoms with Crippen LogP contribution in [-0.2, 0) is 9.59 Å². The Hall–Kier alpha value is -1.14. The number of carbonyl (C=O) groups excluding carboxylic acids is 2. The number of amides is 2. The normalized spacial score (nSPS) is 10.3. The molecule has 0 saturated carbocycles. The van der Waals surface area contributed by atoms with Crippen LogP contribution in [0.4, 0.5) is 0 Å². The van der Waals surface area contributed by atoms with E-state index in [2.05, 4.69) is 21.3 Å². The Labute approximate surface area is 122 Å². The second-order valence-corrected chi connectivity index (χ2v) is 4.88. The first-order chi connectivity index (χ1) is 9.63. The summed E-state index contributed by atoms with van der Waals surface area (Å²) in [6.45, 7) is 8.51. The van der Waals surface area contributed by atoms with Gasteiger partial charge in [0.2, 0.25) is 11.8 Å². The van der Waals surface area contributed by atoms with Crippen molar-refractivity contribution in [3.05, 3.63) is 0 Å². The van der Waals surface area contributed by atoms with E-state index in [0.29, 0.717) is 0 Å². The van der Waals surface area contributed by atoms with E-state index in [4.69, 9.17) is 0 Å². The van der Waals surface area contributed by atoms with Gasteiger partial charge in [0.15, 0.2) is 0 Å². The van der Waals surface area contributed by atoms with E-state index in [9.17, 15) is 9.59 Å². The molecule has 0 saturated heterocycles. The van der Waals surface area contributed by atoms with Gasteiger partial charge in [0.1, 0.15) is 0 Å². The quantitative estimate of drug-likeness (QED) is 0.359. The van der Waals surface area contributed by atoms with E-state index in [1.54, 1.807) is 0 Å². The minimum atomic E-state index is 0.0366. The molecule has 0 aromatic rings. The smallest absolute Gasteiger partial charge is 0.216 e. The maximum Gasteiger partial charge on any atom is 0.216 e. The molecule has 4 N–H and O–H groups in total. The van der Waals surface area contributed by atoms with Gasteiger partial charge in [-0.25, -0.2) is 0 Å². The van der Waals surface area contributed by atoms with Crippen molar-refractivity contribution in [1.29, 1.82) is 0 Å². The highest BCUT2D eigenvalue weighted by Crippen LogP contribution is 1.85. The topological polar surface area (TPSA) is 82.3 Å². The van der Waals surface area contributed by atoms with Gasteiger partial charge in [-0.15, -0.1) is 0 Å². The molecule has 0 atom stereocenters. The molecule has 0 unspecified atom stereocenters. The Morgan fingerprint density at radius 1 is 0.600 bits per heavy atom. The number of hydrogen-bond acceptors (Lipinski definition) is 4. The standard InChI is InChI=1S/C14H30N4O2/c1-13(19)17-11-5-9-15-7-3-4-8-16-10-6-12-18-14(2)20/h15-16H,3-12H2,1-2H3,(H,17,19)(H,18,20). The lowest BCUT2D eigenvalue weighted by Gasteiger charge is -2.07. The fourth-order valence-corrected chi connectivity index (χ4v) is 1.71. The highest BCUT2D eigenvalue weighted by molar-refractivity contribution is 5.72. The fraction of sp³-hybridized carbons (Fsp3) is 0.857. The average Bonchev–Trinajstić information content (AvgIpc) is 2.38. The second-order valence-electron chi connectivity index (χ2n) is 4.88. The number of rotatable bonds is 13. The number of nitrogens with one attached hydrogen (secondary N) is 4. The molecular weight excluding hydrogens is 256 g/mol. The Kier molecular flexibility index (Phi) is 13.5. The zero-order chi connectivity index (χ0) is 15.1. The Balaban J connectivity index is 2.99. The molecule has 0 aliphatic carbocycles. The number of unbranched alkanes of at least 4 members (excludes halogenated alkanes) is 1. The van der Waals surface area contributed by atoms with Crippen LogP contribution in [0.3, 0.4) is 0 Å². The molecule has 0 aromatic carbocycles. The maximum absolute atomic E-state index is 10.6. The van der Waals surface area contributed by atoms with Gasteiger partial charge in [-0.1, -0.05) is 0 Å². The van der Waals surface area contributed by atoms with Crippen molar-refractivity contribution < 1.29 is 9.59 Å². The molecule has 0 bridgehead atoms. The van der Waals surface area contributed by atoms with Gasteiger partial charge < -0.3 is 21.3 Å². The first kappa shape index (κ1) is 18.9. The summed E-state index contributed by atoms with van der Waals surface area (Å²) in [5.74, 6) is 0.0733. The zero-order valence-corrected chi connectivity index (χ0v) is 12.9. The Morgan fingerprint density at radius 2 is 0.950 bits per heavy atom. The molecule has 0 aromatic heterocycles. The highest BCUT2D eigenvalue weighted by Gasteiger charge is 1.93. The van der Waals surface area contributed by atoms with Crippen LogP contribution < -0.4 is 21.3 Å². The fourth-order valence-electron chi connectivity index (χ4n) is 1.71. The van der Waals surface area contributed by atoms with E-state index in [1.165, 1.54) is 13.8 Å². The van der Waals surface area contributed by atoms with Gasteiger partial charge in [-0.2, -0.15) is 0 Å². The van der Waals surface area contributed by atoms with Gasteiger partial charge in [0.25, 0.3) is 0 Å². The van der Waals surface area contributed by atoms with Crippen molar-refractivity contribution in [1.82, 2.24) is 21.3 Å². The van der Waals surface area contributed by atoms with Gasteiger partial charge >= 0.3 is 0 Å². The molecule has 118 valence electrons. The van der Waals surface area contributed by atoms with E-state index in [-0.39, 0.29) is 11.8 Å². The summed E-state index contributed by atoms with van der Waals surface area (Å²) in [5, 5.41) is 12.3. The molecule has 6 nitrogen and oxygen atoms in total. The Bertz CT molecular complexity index is 234. The minimum Gasteiger partial charge on any atom is -0.356 e. The highest BCUT2D eigenvalue weighted by atomic mass is 16.1. The Morgan fingerprint density at radius 3 is 1.30 bits per heavy atom. The number of carbonyl (C=O) groups is 2. The van der Waals surface area contributed by atoms with Crippen LogP contribution in [0, 0.1) is 0 Å². The first-order valence-corrected chi connectivity index (χ1v) is 7.53. The zero-order valence-electron chi connectivity index (χ0n) is 12.9. The van der Waals surface area contributed by atoms with E-state index >= 15 is 0 Å². The summed E-state index contributed by atoms with van der Waals surface area (Å²) in [6, 6.07) is 0. The van der Waals surface area contributed by atoms with Crippen LogP contribution >= 0.6 is 0 Å². The van der Waals surface area contributed by atoms with E-state index < -0.39 is 0 Å². The summed E-state index contributed by atoms with van der Waals surface area (Å²) in [7, 11) is 0. The molecule has 0 heterocycles. The van der Waals surface area contributed by atoms with Crippen LogP contribution in [0.25, 0.3) is 0 Å². The summed E-state index contributed by atoms with van der Waals surface area (Å²) < 4.78 is 0. The molecule has 20 heavy (non-hydrogen) atoms.